The molecule has 16 heavy (non-hydrogen) atoms. The number of carbonyl (C=O) groups is 1. The maximum atomic E-state index is 10.4. The Balaban J connectivity index is 4.00. The first-order valence-electron chi connectivity index (χ1n) is 4.93. The van der Waals surface area contributed by atoms with Crippen molar-refractivity contribution in [1.29, 1.82) is 0 Å². The topological polar surface area (TPSA) is 84.6 Å². The van der Waals surface area contributed by atoms with Gasteiger partial charge in [-0.1, -0.05) is 30.9 Å². The van der Waals surface area contributed by atoms with Crippen LogP contribution in [0.15, 0.2) is 36.5 Å². The normalized spacial score (nSPS) is 14.0. The lowest BCUT2D eigenvalue weighted by atomic mass is 10.1. The van der Waals surface area contributed by atoms with Crippen molar-refractivity contribution in [3.8, 4) is 0 Å². The minimum atomic E-state index is -1.13. The molecule has 0 aromatic rings. The molecule has 0 saturated heterocycles. The third-order valence-electron chi connectivity index (χ3n) is 1.61. The summed E-state index contributed by atoms with van der Waals surface area (Å²) in [6, 6.07) is 0. The SMILES string of the molecule is C=C/C=C(\C=C/CNOCCN)C(O)C=O. The molecule has 0 aromatic carbocycles. The van der Waals surface area contributed by atoms with E-state index in [2.05, 4.69) is 12.1 Å². The molecular weight excluding hydrogens is 208 g/mol. The third kappa shape index (κ3) is 7.08. The lowest BCUT2D eigenvalue weighted by molar-refractivity contribution is -0.113. The highest BCUT2D eigenvalue weighted by atomic mass is 16.6. The van der Waals surface area contributed by atoms with E-state index in [4.69, 9.17) is 10.6 Å². The van der Waals surface area contributed by atoms with Crippen molar-refractivity contribution in [3.63, 3.8) is 0 Å². The molecule has 1 atom stereocenters. The van der Waals surface area contributed by atoms with Gasteiger partial charge in [0.1, 0.15) is 6.10 Å². The minimum Gasteiger partial charge on any atom is -0.381 e. The molecule has 0 rings (SSSR count). The lowest BCUT2D eigenvalue weighted by Crippen LogP contribution is -2.19. The van der Waals surface area contributed by atoms with E-state index in [0.29, 0.717) is 31.6 Å². The van der Waals surface area contributed by atoms with Gasteiger partial charge in [0.15, 0.2) is 6.29 Å². The second-order valence-corrected chi connectivity index (χ2v) is 2.87. The summed E-state index contributed by atoms with van der Waals surface area (Å²) in [4.78, 5) is 15.3. The van der Waals surface area contributed by atoms with Crippen LogP contribution < -0.4 is 11.2 Å². The van der Waals surface area contributed by atoms with E-state index in [1.54, 1.807) is 18.2 Å². The first-order chi connectivity index (χ1) is 7.76. The van der Waals surface area contributed by atoms with Gasteiger partial charge < -0.3 is 20.5 Å². The van der Waals surface area contributed by atoms with E-state index in [1.807, 2.05) is 0 Å². The molecule has 0 bridgehead atoms. The van der Waals surface area contributed by atoms with Gasteiger partial charge in [-0.15, -0.1) is 0 Å². The van der Waals surface area contributed by atoms with Crippen molar-refractivity contribution >= 4 is 6.29 Å². The van der Waals surface area contributed by atoms with Crippen molar-refractivity contribution in [1.82, 2.24) is 5.48 Å². The number of nitrogens with two attached hydrogens (primary N) is 1. The number of nitrogens with one attached hydrogen (secondary N) is 1. The van der Waals surface area contributed by atoms with Gasteiger partial charge in [0.05, 0.1) is 6.61 Å². The van der Waals surface area contributed by atoms with E-state index in [-0.39, 0.29) is 0 Å². The molecular formula is C11H18N2O3. The number of aldehydes is 1. The van der Waals surface area contributed by atoms with Crippen molar-refractivity contribution < 1.29 is 14.7 Å². The van der Waals surface area contributed by atoms with Crippen molar-refractivity contribution in [2.45, 2.75) is 6.10 Å². The highest BCUT2D eigenvalue weighted by molar-refractivity contribution is 5.63. The Morgan fingerprint density at radius 3 is 2.94 bits per heavy atom. The molecule has 5 heteroatoms. The molecule has 0 saturated carbocycles. The molecule has 90 valence electrons. The van der Waals surface area contributed by atoms with Crippen LogP contribution in [0.2, 0.25) is 0 Å². The highest BCUT2D eigenvalue weighted by Gasteiger charge is 2.03. The average Bonchev–Trinajstić information content (AvgIpc) is 2.31. The van der Waals surface area contributed by atoms with Crippen LogP contribution in [-0.2, 0) is 9.63 Å². The Kier molecular flexibility index (Phi) is 9.44. The Labute approximate surface area is 95.2 Å². The molecule has 0 aliphatic rings. The number of carbonyl (C=O) groups excluding carboxylic acids is 1. The van der Waals surface area contributed by atoms with E-state index >= 15 is 0 Å². The summed E-state index contributed by atoms with van der Waals surface area (Å²) in [5, 5.41) is 9.29. The molecule has 4 N–H and O–H groups in total. The van der Waals surface area contributed by atoms with Crippen molar-refractivity contribution in [2.24, 2.45) is 5.73 Å². The number of hydrogen-bond acceptors (Lipinski definition) is 5. The largest absolute Gasteiger partial charge is 0.381 e. The molecule has 0 radical (unpaired) electrons. The zero-order chi connectivity index (χ0) is 12.2. The monoisotopic (exact) mass is 226 g/mol. The number of hydrogen-bond donors (Lipinski definition) is 3. The first-order valence-corrected chi connectivity index (χ1v) is 4.93. The Hall–Kier alpha value is -1.27. The maximum Gasteiger partial charge on any atom is 0.153 e. The van der Waals surface area contributed by atoms with Gasteiger partial charge in [-0.05, 0) is 5.57 Å². The van der Waals surface area contributed by atoms with Crippen molar-refractivity contribution in [3.05, 3.63) is 36.5 Å². The summed E-state index contributed by atoms with van der Waals surface area (Å²) in [5.41, 5.74) is 8.34. The summed E-state index contributed by atoms with van der Waals surface area (Å²) in [6.07, 6.45) is 5.75. The van der Waals surface area contributed by atoms with Gasteiger partial charge >= 0.3 is 0 Å². The molecule has 0 aliphatic heterocycles. The van der Waals surface area contributed by atoms with Crippen LogP contribution in [-0.4, -0.2) is 37.2 Å². The predicted octanol–water partition coefficient (Wildman–Crippen LogP) is -0.305. The van der Waals surface area contributed by atoms with Gasteiger partial charge in [-0.3, -0.25) is 0 Å². The summed E-state index contributed by atoms with van der Waals surface area (Å²) in [5.74, 6) is 0. The number of aliphatic hydroxyl groups excluding tert-OH is 1. The van der Waals surface area contributed by atoms with E-state index in [0.717, 1.165) is 0 Å². The van der Waals surface area contributed by atoms with Gasteiger partial charge in [-0.25, -0.2) is 0 Å². The molecule has 0 aromatic heterocycles. The van der Waals surface area contributed by atoms with Crippen LogP contribution in [0, 0.1) is 0 Å². The fraction of sp³-hybridized carbons (Fsp3) is 0.364. The molecule has 5 nitrogen and oxygen atoms in total. The molecule has 0 fully saturated rings. The van der Waals surface area contributed by atoms with Crippen LogP contribution in [0.1, 0.15) is 0 Å². The summed E-state index contributed by atoms with van der Waals surface area (Å²) < 4.78 is 0. The second-order valence-electron chi connectivity index (χ2n) is 2.87. The summed E-state index contributed by atoms with van der Waals surface area (Å²) in [7, 11) is 0. The van der Waals surface area contributed by atoms with E-state index in [1.165, 1.54) is 6.08 Å². The van der Waals surface area contributed by atoms with E-state index in [9.17, 15) is 9.90 Å². The lowest BCUT2D eigenvalue weighted by Gasteiger charge is -2.04. The zero-order valence-electron chi connectivity index (χ0n) is 9.13. The number of rotatable bonds is 9. The summed E-state index contributed by atoms with van der Waals surface area (Å²) in [6.45, 7) is 4.83. The predicted molar refractivity (Wildman–Crippen MR) is 62.5 cm³/mol. The van der Waals surface area contributed by atoms with Gasteiger partial charge in [0.25, 0.3) is 0 Å². The fourth-order valence-electron chi connectivity index (χ4n) is 0.901. The van der Waals surface area contributed by atoms with Crippen LogP contribution in [0.25, 0.3) is 0 Å². The fourth-order valence-corrected chi connectivity index (χ4v) is 0.901. The Bertz CT molecular complexity index is 262. The van der Waals surface area contributed by atoms with Gasteiger partial charge in [0.2, 0.25) is 0 Å². The standard InChI is InChI=1S/C11H18N2O3/c1-2-4-10(11(15)9-14)5-3-7-13-16-8-6-12/h2-5,9,11,13,15H,1,6-8,12H2/b5-3-,10-4+. The minimum absolute atomic E-state index is 0.431. The quantitative estimate of drug-likeness (QED) is 0.217. The van der Waals surface area contributed by atoms with Crippen molar-refractivity contribution in [2.75, 3.05) is 19.7 Å². The average molecular weight is 226 g/mol. The van der Waals surface area contributed by atoms with Crippen LogP contribution in [0.3, 0.4) is 0 Å². The third-order valence-corrected chi connectivity index (χ3v) is 1.61. The Morgan fingerprint density at radius 2 is 2.38 bits per heavy atom. The molecule has 0 aliphatic carbocycles. The smallest absolute Gasteiger partial charge is 0.153 e. The van der Waals surface area contributed by atoms with Gasteiger partial charge in [-0.2, -0.15) is 5.48 Å². The molecule has 0 heterocycles. The van der Waals surface area contributed by atoms with Gasteiger partial charge in [0, 0.05) is 13.1 Å². The maximum absolute atomic E-state index is 10.4. The second kappa shape index (κ2) is 10.3. The zero-order valence-corrected chi connectivity index (χ0v) is 9.13. The summed E-state index contributed by atoms with van der Waals surface area (Å²) >= 11 is 0. The molecule has 0 spiro atoms. The molecule has 0 amide bonds. The van der Waals surface area contributed by atoms with E-state index < -0.39 is 6.10 Å². The van der Waals surface area contributed by atoms with Crippen LogP contribution >= 0.6 is 0 Å². The number of allylic oxidation sites excluding steroid dienone is 2. The van der Waals surface area contributed by atoms with Crippen LogP contribution in [0.5, 0.6) is 0 Å². The number of hydroxylamine groups is 1. The highest BCUT2D eigenvalue weighted by Crippen LogP contribution is 2.02. The first kappa shape index (κ1) is 14.7. The molecule has 1 unspecified atom stereocenters. The van der Waals surface area contributed by atoms with Crippen LogP contribution in [0.4, 0.5) is 0 Å². The number of aliphatic hydroxyl groups is 1. The Morgan fingerprint density at radius 1 is 1.62 bits per heavy atom.